The first-order chi connectivity index (χ1) is 11.8. The number of aromatic carboxylic acids is 1. The molecule has 6 nitrogen and oxygen atoms in total. The van der Waals surface area contributed by atoms with Gasteiger partial charge >= 0.3 is 12.1 Å². The summed E-state index contributed by atoms with van der Waals surface area (Å²) in [5, 5.41) is 8.74. The van der Waals surface area contributed by atoms with Gasteiger partial charge in [-0.3, -0.25) is 0 Å². The molecule has 1 N–H and O–H groups in total. The SMILES string of the molecule is O=C(O)c1ncc(Cc2nc(-c3ccc(C(F)(F)F)cc3)co2)cn1. The molecule has 0 fully saturated rings. The normalized spacial score (nSPS) is 11.5. The van der Waals surface area contributed by atoms with Crippen LogP contribution in [0, 0.1) is 0 Å². The Morgan fingerprint density at radius 1 is 1.12 bits per heavy atom. The number of carboxylic acid groups (broad SMARTS) is 1. The highest BCUT2D eigenvalue weighted by molar-refractivity contribution is 5.82. The largest absolute Gasteiger partial charge is 0.475 e. The van der Waals surface area contributed by atoms with Crippen molar-refractivity contribution in [2.75, 3.05) is 0 Å². The number of rotatable bonds is 4. The van der Waals surface area contributed by atoms with Gasteiger partial charge in [0.15, 0.2) is 5.89 Å². The monoisotopic (exact) mass is 349 g/mol. The van der Waals surface area contributed by atoms with Crippen molar-refractivity contribution in [1.29, 1.82) is 0 Å². The van der Waals surface area contributed by atoms with Crippen LogP contribution in [0.4, 0.5) is 13.2 Å². The molecule has 2 aromatic heterocycles. The molecule has 0 saturated carbocycles. The predicted octanol–water partition coefficient (Wildman–Crippen LogP) is 3.44. The summed E-state index contributed by atoms with van der Waals surface area (Å²) in [5.74, 6) is -1.24. The van der Waals surface area contributed by atoms with E-state index in [0.717, 1.165) is 12.1 Å². The second kappa shape index (κ2) is 6.34. The van der Waals surface area contributed by atoms with Crippen molar-refractivity contribution < 1.29 is 27.5 Å². The predicted molar refractivity (Wildman–Crippen MR) is 78.7 cm³/mol. The Kier molecular flexibility index (Phi) is 4.22. The molecule has 128 valence electrons. The van der Waals surface area contributed by atoms with Crippen LogP contribution in [0.25, 0.3) is 11.3 Å². The first kappa shape index (κ1) is 16.6. The Labute approximate surface area is 139 Å². The summed E-state index contributed by atoms with van der Waals surface area (Å²) >= 11 is 0. The van der Waals surface area contributed by atoms with E-state index in [1.54, 1.807) is 0 Å². The number of halogens is 3. The Balaban J connectivity index is 1.75. The molecule has 0 amide bonds. The van der Waals surface area contributed by atoms with Gasteiger partial charge in [-0.25, -0.2) is 19.7 Å². The Morgan fingerprint density at radius 2 is 1.76 bits per heavy atom. The highest BCUT2D eigenvalue weighted by Crippen LogP contribution is 2.30. The maximum Gasteiger partial charge on any atom is 0.416 e. The topological polar surface area (TPSA) is 89.1 Å². The molecule has 3 rings (SSSR count). The Morgan fingerprint density at radius 3 is 2.32 bits per heavy atom. The van der Waals surface area contributed by atoms with E-state index >= 15 is 0 Å². The van der Waals surface area contributed by atoms with Gasteiger partial charge in [0, 0.05) is 18.0 Å². The van der Waals surface area contributed by atoms with Gasteiger partial charge in [0.2, 0.25) is 5.82 Å². The van der Waals surface area contributed by atoms with Crippen LogP contribution in [0.3, 0.4) is 0 Å². The lowest BCUT2D eigenvalue weighted by molar-refractivity contribution is -0.137. The minimum Gasteiger partial charge on any atom is -0.475 e. The van der Waals surface area contributed by atoms with Crippen LogP contribution in [0.2, 0.25) is 0 Å². The van der Waals surface area contributed by atoms with Crippen LogP contribution in [0.15, 0.2) is 47.3 Å². The highest BCUT2D eigenvalue weighted by atomic mass is 19.4. The molecule has 3 aromatic rings. The third-order valence-corrected chi connectivity index (χ3v) is 3.31. The summed E-state index contributed by atoms with van der Waals surface area (Å²) in [6, 6.07) is 4.58. The molecule has 0 aliphatic heterocycles. The van der Waals surface area contributed by atoms with Gasteiger partial charge in [0.1, 0.15) is 12.0 Å². The van der Waals surface area contributed by atoms with Crippen LogP contribution in [0.1, 0.15) is 27.6 Å². The van der Waals surface area contributed by atoms with Crippen molar-refractivity contribution in [3.63, 3.8) is 0 Å². The summed E-state index contributed by atoms with van der Waals surface area (Å²) in [7, 11) is 0. The maximum absolute atomic E-state index is 12.6. The minimum absolute atomic E-state index is 0.223. The van der Waals surface area contributed by atoms with E-state index in [4.69, 9.17) is 9.52 Å². The zero-order valence-electron chi connectivity index (χ0n) is 12.5. The van der Waals surface area contributed by atoms with Crippen molar-refractivity contribution in [3.8, 4) is 11.3 Å². The fourth-order valence-corrected chi connectivity index (χ4v) is 2.09. The molecule has 25 heavy (non-hydrogen) atoms. The summed E-state index contributed by atoms with van der Waals surface area (Å²) in [4.78, 5) is 22.3. The number of benzene rings is 1. The zero-order chi connectivity index (χ0) is 18.0. The lowest BCUT2D eigenvalue weighted by Crippen LogP contribution is -2.04. The fraction of sp³-hybridized carbons (Fsp3) is 0.125. The van der Waals surface area contributed by atoms with E-state index in [-0.39, 0.29) is 12.2 Å². The third kappa shape index (κ3) is 3.82. The number of alkyl halides is 3. The molecule has 0 unspecified atom stereocenters. The van der Waals surface area contributed by atoms with Gasteiger partial charge in [0.05, 0.1) is 12.0 Å². The quantitative estimate of drug-likeness (QED) is 0.776. The molecule has 2 heterocycles. The number of hydrogen-bond donors (Lipinski definition) is 1. The van der Waals surface area contributed by atoms with Crippen LogP contribution in [-0.2, 0) is 12.6 Å². The van der Waals surface area contributed by atoms with E-state index < -0.39 is 17.7 Å². The first-order valence-corrected chi connectivity index (χ1v) is 6.99. The summed E-state index contributed by atoms with van der Waals surface area (Å²) in [6.45, 7) is 0. The summed E-state index contributed by atoms with van der Waals surface area (Å²) in [5.41, 5.74) is 0.730. The van der Waals surface area contributed by atoms with Crippen molar-refractivity contribution in [2.45, 2.75) is 12.6 Å². The average Bonchev–Trinajstić information content (AvgIpc) is 3.03. The Bertz CT molecular complexity index is 887. The number of aromatic nitrogens is 3. The smallest absolute Gasteiger partial charge is 0.416 e. The number of oxazole rings is 1. The lowest BCUT2D eigenvalue weighted by atomic mass is 10.1. The van der Waals surface area contributed by atoms with Crippen molar-refractivity contribution >= 4 is 5.97 Å². The number of carbonyl (C=O) groups is 1. The molecule has 9 heteroatoms. The molecule has 0 saturated heterocycles. The zero-order valence-corrected chi connectivity index (χ0v) is 12.5. The average molecular weight is 349 g/mol. The minimum atomic E-state index is -4.39. The van der Waals surface area contributed by atoms with Gasteiger partial charge in [-0.2, -0.15) is 13.2 Å². The van der Waals surface area contributed by atoms with Gasteiger partial charge in [-0.15, -0.1) is 0 Å². The number of carboxylic acids is 1. The van der Waals surface area contributed by atoms with Crippen LogP contribution in [0.5, 0.6) is 0 Å². The van der Waals surface area contributed by atoms with Crippen LogP contribution < -0.4 is 0 Å². The second-order valence-corrected chi connectivity index (χ2v) is 5.10. The van der Waals surface area contributed by atoms with E-state index in [1.807, 2.05) is 0 Å². The molecular weight excluding hydrogens is 339 g/mol. The van der Waals surface area contributed by atoms with Gasteiger partial charge in [-0.05, 0) is 17.7 Å². The highest BCUT2D eigenvalue weighted by Gasteiger charge is 2.30. The Hall–Kier alpha value is -3.23. The maximum atomic E-state index is 12.6. The summed E-state index contributed by atoms with van der Waals surface area (Å²) in [6.07, 6.45) is -0.141. The molecule has 0 aliphatic rings. The molecule has 0 radical (unpaired) electrons. The van der Waals surface area contributed by atoms with Crippen LogP contribution >= 0.6 is 0 Å². The molecule has 0 spiro atoms. The van der Waals surface area contributed by atoms with E-state index in [9.17, 15) is 18.0 Å². The third-order valence-electron chi connectivity index (χ3n) is 3.31. The van der Waals surface area contributed by atoms with Crippen molar-refractivity contribution in [2.24, 2.45) is 0 Å². The van der Waals surface area contributed by atoms with E-state index in [0.29, 0.717) is 22.7 Å². The fourth-order valence-electron chi connectivity index (χ4n) is 2.09. The second-order valence-electron chi connectivity index (χ2n) is 5.10. The molecule has 0 aliphatic carbocycles. The molecule has 1 aromatic carbocycles. The first-order valence-electron chi connectivity index (χ1n) is 6.99. The van der Waals surface area contributed by atoms with E-state index in [2.05, 4.69) is 15.0 Å². The standard InChI is InChI=1S/C16H10F3N3O3/c17-16(18,19)11-3-1-10(2-4-11)12-8-25-13(22-12)5-9-6-20-14(15(23)24)21-7-9/h1-4,6-8H,5H2,(H,23,24). The molecule has 0 bridgehead atoms. The molecule has 0 atom stereocenters. The number of hydrogen-bond acceptors (Lipinski definition) is 5. The molecular formula is C16H10F3N3O3. The lowest BCUT2D eigenvalue weighted by Gasteiger charge is -2.06. The van der Waals surface area contributed by atoms with Gasteiger partial charge in [-0.1, -0.05) is 12.1 Å². The van der Waals surface area contributed by atoms with Gasteiger partial charge in [0.25, 0.3) is 0 Å². The van der Waals surface area contributed by atoms with Crippen molar-refractivity contribution in [3.05, 3.63) is 65.8 Å². The van der Waals surface area contributed by atoms with Crippen molar-refractivity contribution in [1.82, 2.24) is 15.0 Å². The van der Waals surface area contributed by atoms with Crippen LogP contribution in [-0.4, -0.2) is 26.0 Å². The van der Waals surface area contributed by atoms with E-state index in [1.165, 1.54) is 30.8 Å². The summed E-state index contributed by atoms with van der Waals surface area (Å²) < 4.78 is 43.0. The van der Waals surface area contributed by atoms with Gasteiger partial charge < -0.3 is 9.52 Å². The number of nitrogens with zero attached hydrogens (tertiary/aromatic N) is 3.